The topological polar surface area (TPSA) is 86.8 Å². The summed E-state index contributed by atoms with van der Waals surface area (Å²) in [4.78, 5) is 29.8. The van der Waals surface area contributed by atoms with Gasteiger partial charge in [0.15, 0.2) is 0 Å². The minimum Gasteiger partial charge on any atom is -0.352 e. The standard InChI is InChI=1S/C36H40ClN3O4S/c1-26(2)30-17-21-32(22-18-30)40(45(43,44)33-13-9-6-10-14-33)25-35(41)39(24-29-15-19-31(37)20-16-29)34(36(42)38-27(3)4)23-28-11-7-5-8-12-28/h5-22,26-27,34H,23-25H2,1-4H3,(H,38,42)/t34-/m0/s1. The van der Waals surface area contributed by atoms with Gasteiger partial charge < -0.3 is 10.2 Å². The molecule has 9 heteroatoms. The van der Waals surface area contributed by atoms with Crippen LogP contribution in [0.3, 0.4) is 0 Å². The summed E-state index contributed by atoms with van der Waals surface area (Å²) in [6, 6.07) is 30.7. The number of sulfonamides is 1. The molecule has 1 atom stereocenters. The second-order valence-corrected chi connectivity index (χ2v) is 13.9. The molecule has 4 rings (SSSR count). The molecule has 0 spiro atoms. The van der Waals surface area contributed by atoms with Gasteiger partial charge >= 0.3 is 0 Å². The third-order valence-corrected chi connectivity index (χ3v) is 9.47. The van der Waals surface area contributed by atoms with Gasteiger partial charge in [-0.05, 0) is 72.9 Å². The number of rotatable bonds is 13. The summed E-state index contributed by atoms with van der Waals surface area (Å²) in [7, 11) is -4.15. The summed E-state index contributed by atoms with van der Waals surface area (Å²) >= 11 is 6.15. The number of carbonyl (C=O) groups excluding carboxylic acids is 2. The molecule has 7 nitrogen and oxygen atoms in total. The van der Waals surface area contributed by atoms with Gasteiger partial charge in [-0.1, -0.05) is 98.2 Å². The molecule has 2 amide bonds. The van der Waals surface area contributed by atoms with E-state index in [0.29, 0.717) is 10.7 Å². The molecule has 0 aromatic heterocycles. The van der Waals surface area contributed by atoms with Crippen LogP contribution in [0, 0.1) is 0 Å². The monoisotopic (exact) mass is 645 g/mol. The normalized spacial score (nSPS) is 12.2. The van der Waals surface area contributed by atoms with Gasteiger partial charge in [0.2, 0.25) is 11.8 Å². The first kappa shape index (κ1) is 33.7. The van der Waals surface area contributed by atoms with Crippen LogP contribution in [-0.2, 0) is 32.6 Å². The molecule has 0 unspecified atom stereocenters. The lowest BCUT2D eigenvalue weighted by atomic mass is 10.0. The van der Waals surface area contributed by atoms with Crippen molar-refractivity contribution in [2.45, 2.75) is 63.6 Å². The second-order valence-electron chi connectivity index (χ2n) is 11.6. The van der Waals surface area contributed by atoms with Crippen LogP contribution < -0.4 is 9.62 Å². The van der Waals surface area contributed by atoms with Crippen LogP contribution in [0.1, 0.15) is 50.3 Å². The maximum atomic E-state index is 14.5. The fourth-order valence-corrected chi connectivity index (χ4v) is 6.56. The van der Waals surface area contributed by atoms with Gasteiger partial charge in [0.1, 0.15) is 12.6 Å². The molecule has 0 aliphatic rings. The number of nitrogens with one attached hydrogen (secondary N) is 1. The van der Waals surface area contributed by atoms with Crippen molar-refractivity contribution in [1.29, 1.82) is 0 Å². The van der Waals surface area contributed by atoms with Crippen molar-refractivity contribution in [3.63, 3.8) is 0 Å². The van der Waals surface area contributed by atoms with Crippen LogP contribution in [0.5, 0.6) is 0 Å². The number of hydrogen-bond acceptors (Lipinski definition) is 4. The van der Waals surface area contributed by atoms with E-state index in [2.05, 4.69) is 19.2 Å². The zero-order valence-corrected chi connectivity index (χ0v) is 27.6. The summed E-state index contributed by atoms with van der Waals surface area (Å²) in [6.07, 6.45) is 0.243. The number of benzene rings is 4. The highest BCUT2D eigenvalue weighted by atomic mass is 35.5. The number of halogens is 1. The molecule has 4 aromatic carbocycles. The van der Waals surface area contributed by atoms with Crippen molar-refractivity contribution in [3.8, 4) is 0 Å². The lowest BCUT2D eigenvalue weighted by molar-refractivity contribution is -0.140. The zero-order valence-electron chi connectivity index (χ0n) is 26.1. The Morgan fingerprint density at radius 2 is 1.33 bits per heavy atom. The Morgan fingerprint density at radius 1 is 0.756 bits per heavy atom. The lowest BCUT2D eigenvalue weighted by Crippen LogP contribution is -2.54. The Kier molecular flexibility index (Phi) is 11.4. The highest BCUT2D eigenvalue weighted by molar-refractivity contribution is 7.92. The van der Waals surface area contributed by atoms with Gasteiger partial charge in [0.25, 0.3) is 10.0 Å². The number of carbonyl (C=O) groups is 2. The zero-order chi connectivity index (χ0) is 32.6. The van der Waals surface area contributed by atoms with Crippen LogP contribution in [0.4, 0.5) is 5.69 Å². The molecular weight excluding hydrogens is 606 g/mol. The quantitative estimate of drug-likeness (QED) is 0.173. The smallest absolute Gasteiger partial charge is 0.264 e. The van der Waals surface area contributed by atoms with Crippen molar-refractivity contribution >= 4 is 39.1 Å². The molecule has 0 aliphatic carbocycles. The van der Waals surface area contributed by atoms with E-state index >= 15 is 0 Å². The Morgan fingerprint density at radius 3 is 1.89 bits per heavy atom. The first-order valence-electron chi connectivity index (χ1n) is 15.0. The average molecular weight is 646 g/mol. The van der Waals surface area contributed by atoms with Crippen molar-refractivity contribution in [2.75, 3.05) is 10.8 Å². The number of nitrogens with zero attached hydrogens (tertiary/aromatic N) is 2. The SMILES string of the molecule is CC(C)NC(=O)[C@H](Cc1ccccc1)N(Cc1ccc(Cl)cc1)C(=O)CN(c1ccc(C(C)C)cc1)S(=O)(=O)c1ccccc1. The van der Waals surface area contributed by atoms with Gasteiger partial charge in [-0.3, -0.25) is 13.9 Å². The minimum atomic E-state index is -4.15. The molecule has 0 fully saturated rings. The van der Waals surface area contributed by atoms with Crippen LogP contribution in [0.25, 0.3) is 0 Å². The molecule has 0 bridgehead atoms. The van der Waals surface area contributed by atoms with Crippen molar-refractivity contribution in [3.05, 3.63) is 131 Å². The van der Waals surface area contributed by atoms with E-state index in [1.165, 1.54) is 17.0 Å². The average Bonchev–Trinajstić information content (AvgIpc) is 3.03. The maximum absolute atomic E-state index is 14.5. The molecule has 0 saturated heterocycles. The fraction of sp³-hybridized carbons (Fsp3) is 0.278. The number of hydrogen-bond donors (Lipinski definition) is 1. The molecule has 236 valence electrons. The highest BCUT2D eigenvalue weighted by Crippen LogP contribution is 2.27. The summed E-state index contributed by atoms with van der Waals surface area (Å²) in [5.41, 5.74) is 3.02. The molecule has 4 aromatic rings. The maximum Gasteiger partial charge on any atom is 0.264 e. The summed E-state index contributed by atoms with van der Waals surface area (Å²) in [5, 5.41) is 3.51. The van der Waals surface area contributed by atoms with Gasteiger partial charge in [-0.25, -0.2) is 8.42 Å². The number of amides is 2. The third kappa shape index (κ3) is 8.96. The first-order chi connectivity index (χ1) is 21.5. The van der Waals surface area contributed by atoms with E-state index < -0.39 is 28.5 Å². The van der Waals surface area contributed by atoms with E-state index in [9.17, 15) is 18.0 Å². The Hall–Kier alpha value is -4.14. The predicted octanol–water partition coefficient (Wildman–Crippen LogP) is 6.82. The first-order valence-corrected chi connectivity index (χ1v) is 16.8. The number of anilines is 1. The van der Waals surface area contributed by atoms with Crippen LogP contribution in [0.2, 0.25) is 5.02 Å². The van der Waals surface area contributed by atoms with Gasteiger partial charge in [-0.2, -0.15) is 0 Å². The summed E-state index contributed by atoms with van der Waals surface area (Å²) in [6.45, 7) is 7.40. The molecule has 45 heavy (non-hydrogen) atoms. The molecule has 0 heterocycles. The molecule has 0 radical (unpaired) electrons. The van der Waals surface area contributed by atoms with Gasteiger partial charge in [0, 0.05) is 24.0 Å². The Labute approximate surface area is 271 Å². The van der Waals surface area contributed by atoms with E-state index in [4.69, 9.17) is 11.6 Å². The van der Waals surface area contributed by atoms with Crippen molar-refractivity contribution < 1.29 is 18.0 Å². The third-order valence-electron chi connectivity index (χ3n) is 7.43. The van der Waals surface area contributed by atoms with E-state index in [1.54, 1.807) is 54.6 Å². The molecule has 0 saturated carbocycles. The van der Waals surface area contributed by atoms with E-state index in [1.807, 2.05) is 56.3 Å². The predicted molar refractivity (Wildman–Crippen MR) is 181 cm³/mol. The Bertz CT molecular complexity index is 1660. The van der Waals surface area contributed by atoms with Crippen LogP contribution >= 0.6 is 11.6 Å². The summed E-state index contributed by atoms with van der Waals surface area (Å²) < 4.78 is 29.3. The van der Waals surface area contributed by atoms with E-state index in [-0.39, 0.29) is 35.7 Å². The molecular formula is C36H40ClN3O4S. The van der Waals surface area contributed by atoms with Crippen LogP contribution in [-0.4, -0.2) is 43.8 Å². The fourth-order valence-electron chi connectivity index (χ4n) is 5.00. The van der Waals surface area contributed by atoms with Gasteiger partial charge in [0.05, 0.1) is 10.6 Å². The van der Waals surface area contributed by atoms with Crippen molar-refractivity contribution in [1.82, 2.24) is 10.2 Å². The van der Waals surface area contributed by atoms with Gasteiger partial charge in [-0.15, -0.1) is 0 Å². The molecule has 0 aliphatic heterocycles. The largest absolute Gasteiger partial charge is 0.352 e. The highest BCUT2D eigenvalue weighted by Gasteiger charge is 2.34. The second kappa shape index (κ2) is 15.2. The lowest BCUT2D eigenvalue weighted by Gasteiger charge is -2.34. The van der Waals surface area contributed by atoms with Crippen molar-refractivity contribution in [2.24, 2.45) is 0 Å². The van der Waals surface area contributed by atoms with E-state index in [0.717, 1.165) is 21.0 Å². The molecule has 1 N–H and O–H groups in total. The summed E-state index contributed by atoms with van der Waals surface area (Å²) in [5.74, 6) is -0.597. The minimum absolute atomic E-state index is 0.0633. The Balaban J connectivity index is 1.80. The van der Waals surface area contributed by atoms with Crippen LogP contribution in [0.15, 0.2) is 114 Å².